The number of aryl methyl sites for hydroxylation is 1. The van der Waals surface area contributed by atoms with Crippen molar-refractivity contribution in [3.8, 4) is 0 Å². The minimum atomic E-state index is -4.61. The molecule has 2 aromatic heterocycles. The highest BCUT2D eigenvalue weighted by atomic mass is 19.4. The molecule has 1 fully saturated rings. The SMILES string of the molecule is C=CC(=O)N1CCc2c(nc(C)nc2N2CC[C@@H](Nc3ncc(C(F)(F)F)c(NCCO)n3)C2)C1. The van der Waals surface area contributed by atoms with Crippen LogP contribution in [-0.2, 0) is 23.9 Å². The highest BCUT2D eigenvalue weighted by molar-refractivity contribution is 5.87. The lowest BCUT2D eigenvalue weighted by atomic mass is 10.0. The maximum absolute atomic E-state index is 13.3. The predicted molar refractivity (Wildman–Crippen MR) is 123 cm³/mol. The summed E-state index contributed by atoms with van der Waals surface area (Å²) in [5.74, 6) is 0.987. The van der Waals surface area contributed by atoms with Crippen molar-refractivity contribution in [2.24, 2.45) is 0 Å². The fourth-order valence-electron chi connectivity index (χ4n) is 4.33. The van der Waals surface area contributed by atoms with Crippen molar-refractivity contribution in [3.05, 3.63) is 41.5 Å². The second-order valence-electron chi connectivity index (χ2n) is 8.41. The number of carbonyl (C=O) groups is 1. The summed E-state index contributed by atoms with van der Waals surface area (Å²) in [7, 11) is 0. The van der Waals surface area contributed by atoms with Crippen LogP contribution in [0.1, 0.15) is 29.1 Å². The molecule has 2 aromatic rings. The first kappa shape index (κ1) is 24.6. The number of hydrogen-bond donors (Lipinski definition) is 3. The van der Waals surface area contributed by atoms with E-state index in [-0.39, 0.29) is 36.9 Å². The Kier molecular flexibility index (Phi) is 7.05. The molecule has 0 saturated carbocycles. The van der Waals surface area contributed by atoms with Crippen LogP contribution in [0.4, 0.5) is 30.8 Å². The summed E-state index contributed by atoms with van der Waals surface area (Å²) >= 11 is 0. The zero-order valence-corrected chi connectivity index (χ0v) is 19.3. The zero-order valence-electron chi connectivity index (χ0n) is 19.3. The van der Waals surface area contributed by atoms with Gasteiger partial charge < -0.3 is 25.5 Å². The van der Waals surface area contributed by atoms with E-state index in [1.54, 1.807) is 11.8 Å². The van der Waals surface area contributed by atoms with Gasteiger partial charge in [0.1, 0.15) is 23.0 Å². The second-order valence-corrected chi connectivity index (χ2v) is 8.41. The molecule has 1 amide bonds. The summed E-state index contributed by atoms with van der Waals surface area (Å²) in [4.78, 5) is 32.9. The van der Waals surface area contributed by atoms with E-state index in [4.69, 9.17) is 5.11 Å². The molecule has 3 N–H and O–H groups in total. The molecule has 0 aromatic carbocycles. The topological polar surface area (TPSA) is 119 Å². The van der Waals surface area contributed by atoms with E-state index >= 15 is 0 Å². The molecule has 4 rings (SSSR count). The molecule has 1 atom stereocenters. The molecule has 0 aliphatic carbocycles. The van der Waals surface area contributed by atoms with Gasteiger partial charge in [-0.1, -0.05) is 6.58 Å². The van der Waals surface area contributed by atoms with Crippen molar-refractivity contribution in [2.75, 3.05) is 48.3 Å². The highest BCUT2D eigenvalue weighted by Gasteiger charge is 2.36. The average Bonchev–Trinajstić information content (AvgIpc) is 3.28. The molecule has 2 aliphatic rings. The third kappa shape index (κ3) is 5.45. The fourth-order valence-corrected chi connectivity index (χ4v) is 4.33. The van der Waals surface area contributed by atoms with Crippen molar-refractivity contribution in [1.29, 1.82) is 0 Å². The Morgan fingerprint density at radius 1 is 1.31 bits per heavy atom. The van der Waals surface area contributed by atoms with Gasteiger partial charge in [0, 0.05) is 44.0 Å². The number of carbonyl (C=O) groups excluding carboxylic acids is 1. The lowest BCUT2D eigenvalue weighted by Crippen LogP contribution is -2.37. The highest BCUT2D eigenvalue weighted by Crippen LogP contribution is 2.34. The van der Waals surface area contributed by atoms with Gasteiger partial charge in [-0.3, -0.25) is 4.79 Å². The first-order chi connectivity index (χ1) is 16.7. The Morgan fingerprint density at radius 3 is 2.83 bits per heavy atom. The number of amides is 1. The van der Waals surface area contributed by atoms with Gasteiger partial charge in [-0.25, -0.2) is 15.0 Å². The number of hydrogen-bond acceptors (Lipinski definition) is 9. The lowest BCUT2D eigenvalue weighted by molar-refractivity contribution is -0.137. The molecular weight excluding hydrogens is 465 g/mol. The molecular formula is C22H27F3N8O2. The van der Waals surface area contributed by atoms with E-state index in [0.717, 1.165) is 23.3 Å². The number of aromatic nitrogens is 4. The van der Waals surface area contributed by atoms with Crippen LogP contribution in [0.2, 0.25) is 0 Å². The number of halogens is 3. The van der Waals surface area contributed by atoms with Crippen LogP contribution >= 0.6 is 0 Å². The summed E-state index contributed by atoms with van der Waals surface area (Å²) in [5, 5.41) is 14.6. The number of rotatable bonds is 7. The molecule has 188 valence electrons. The number of aliphatic hydroxyl groups is 1. The Bertz CT molecular complexity index is 1110. The number of nitrogens with one attached hydrogen (secondary N) is 2. The van der Waals surface area contributed by atoms with Crippen LogP contribution in [0.5, 0.6) is 0 Å². The largest absolute Gasteiger partial charge is 0.421 e. The molecule has 0 spiro atoms. The van der Waals surface area contributed by atoms with Crippen molar-refractivity contribution in [1.82, 2.24) is 24.8 Å². The summed E-state index contributed by atoms with van der Waals surface area (Å²) in [6.07, 6.45) is -1.24. The fraction of sp³-hybridized carbons (Fsp3) is 0.500. The maximum atomic E-state index is 13.3. The van der Waals surface area contributed by atoms with Crippen LogP contribution in [0, 0.1) is 6.92 Å². The summed E-state index contributed by atoms with van der Waals surface area (Å²) < 4.78 is 39.8. The number of alkyl halides is 3. The van der Waals surface area contributed by atoms with Crippen molar-refractivity contribution < 1.29 is 23.1 Å². The third-order valence-corrected chi connectivity index (χ3v) is 5.96. The number of anilines is 3. The Hall–Kier alpha value is -3.48. The summed E-state index contributed by atoms with van der Waals surface area (Å²) in [6.45, 7) is 7.15. The zero-order chi connectivity index (χ0) is 25.2. The predicted octanol–water partition coefficient (Wildman–Crippen LogP) is 1.76. The molecule has 1 saturated heterocycles. The van der Waals surface area contributed by atoms with E-state index in [2.05, 4.69) is 42.0 Å². The normalized spacial score (nSPS) is 17.8. The van der Waals surface area contributed by atoms with Gasteiger partial charge in [-0.05, 0) is 25.8 Å². The Balaban J connectivity index is 1.49. The van der Waals surface area contributed by atoms with Crippen LogP contribution in [-0.4, -0.2) is 74.7 Å². The lowest BCUT2D eigenvalue weighted by Gasteiger charge is -2.30. The quantitative estimate of drug-likeness (QED) is 0.497. The van der Waals surface area contributed by atoms with Gasteiger partial charge in [-0.15, -0.1) is 0 Å². The van der Waals surface area contributed by atoms with Crippen molar-refractivity contribution in [2.45, 2.75) is 38.5 Å². The minimum Gasteiger partial charge on any atom is -0.395 e. The minimum absolute atomic E-state index is 0.0647. The number of aliphatic hydroxyl groups excluding tert-OH is 1. The standard InChI is InChI=1S/C22H27F3N8O2/c1-3-18(35)32-8-5-15-17(12-32)28-13(2)29-20(15)33-7-4-14(11-33)30-21-27-10-16(22(23,24)25)19(31-21)26-6-9-34/h3,10,14,34H,1,4-9,11-12H2,2H3,(H2,26,27,30,31)/t14-/m1/s1. The van der Waals surface area contributed by atoms with Gasteiger partial charge in [0.15, 0.2) is 0 Å². The molecule has 13 heteroatoms. The van der Waals surface area contributed by atoms with E-state index in [1.807, 2.05) is 0 Å². The van der Waals surface area contributed by atoms with Gasteiger partial charge >= 0.3 is 6.18 Å². The van der Waals surface area contributed by atoms with Crippen LogP contribution in [0.15, 0.2) is 18.9 Å². The molecule has 4 heterocycles. The molecule has 0 bridgehead atoms. The number of fused-ring (bicyclic) bond motifs is 1. The Labute approximate surface area is 200 Å². The van der Waals surface area contributed by atoms with Gasteiger partial charge in [0.25, 0.3) is 0 Å². The monoisotopic (exact) mass is 492 g/mol. The van der Waals surface area contributed by atoms with Gasteiger partial charge in [0.2, 0.25) is 11.9 Å². The summed E-state index contributed by atoms with van der Waals surface area (Å²) in [5.41, 5.74) is 0.832. The van der Waals surface area contributed by atoms with E-state index in [9.17, 15) is 18.0 Å². The first-order valence-corrected chi connectivity index (χ1v) is 11.3. The third-order valence-electron chi connectivity index (χ3n) is 5.96. The first-order valence-electron chi connectivity index (χ1n) is 11.3. The van der Waals surface area contributed by atoms with E-state index < -0.39 is 11.7 Å². The smallest absolute Gasteiger partial charge is 0.395 e. The molecule has 10 nitrogen and oxygen atoms in total. The van der Waals surface area contributed by atoms with Crippen molar-refractivity contribution >= 4 is 23.5 Å². The van der Waals surface area contributed by atoms with Crippen molar-refractivity contribution in [3.63, 3.8) is 0 Å². The van der Waals surface area contributed by atoms with Crippen LogP contribution < -0.4 is 15.5 Å². The molecule has 0 unspecified atom stereocenters. The maximum Gasteiger partial charge on any atom is 0.421 e. The van der Waals surface area contributed by atoms with Gasteiger partial charge in [0.05, 0.1) is 18.8 Å². The molecule has 0 radical (unpaired) electrons. The summed E-state index contributed by atoms with van der Waals surface area (Å²) in [6, 6.07) is -0.106. The van der Waals surface area contributed by atoms with E-state index in [0.29, 0.717) is 44.8 Å². The molecule has 2 aliphatic heterocycles. The van der Waals surface area contributed by atoms with Crippen LogP contribution in [0.3, 0.4) is 0 Å². The average molecular weight is 493 g/mol. The van der Waals surface area contributed by atoms with Gasteiger partial charge in [-0.2, -0.15) is 18.2 Å². The second kappa shape index (κ2) is 10.0. The van der Waals surface area contributed by atoms with Crippen LogP contribution in [0.25, 0.3) is 0 Å². The van der Waals surface area contributed by atoms with E-state index in [1.165, 1.54) is 6.08 Å². The molecule has 35 heavy (non-hydrogen) atoms. The Morgan fingerprint density at radius 2 is 2.11 bits per heavy atom. The number of nitrogens with zero attached hydrogens (tertiary/aromatic N) is 6.